The third kappa shape index (κ3) is 4.32. The maximum Gasteiger partial charge on any atom is 0.172 e. The monoisotopic (exact) mass is 319 g/mol. The van der Waals surface area contributed by atoms with E-state index in [-0.39, 0.29) is 17.2 Å². The Labute approximate surface area is 139 Å². The molecule has 1 N–H and O–H groups in total. The van der Waals surface area contributed by atoms with Crippen molar-refractivity contribution in [1.29, 1.82) is 0 Å². The largest absolute Gasteiger partial charge is 0.374 e. The second-order valence-corrected chi connectivity index (χ2v) is 8.21. The summed E-state index contributed by atoms with van der Waals surface area (Å²) < 4.78 is 18.3. The minimum atomic E-state index is -0.473. The van der Waals surface area contributed by atoms with Gasteiger partial charge in [-0.05, 0) is 33.3 Å². The third-order valence-corrected chi connectivity index (χ3v) is 4.43. The molecule has 1 atom stereocenters. The molecule has 128 valence electrons. The van der Waals surface area contributed by atoms with Crippen molar-refractivity contribution in [2.75, 3.05) is 13.2 Å². The van der Waals surface area contributed by atoms with Gasteiger partial charge in [-0.25, -0.2) is 0 Å². The van der Waals surface area contributed by atoms with Crippen molar-refractivity contribution in [2.45, 2.75) is 70.1 Å². The molecule has 2 aliphatic rings. The lowest BCUT2D eigenvalue weighted by molar-refractivity contribution is -0.217. The summed E-state index contributed by atoms with van der Waals surface area (Å²) >= 11 is 0. The topological polar surface area (TPSA) is 39.7 Å². The Bertz CT molecular complexity index is 511. The van der Waals surface area contributed by atoms with Crippen LogP contribution >= 0.6 is 0 Å². The van der Waals surface area contributed by atoms with Crippen LogP contribution in [0.5, 0.6) is 0 Å². The summed E-state index contributed by atoms with van der Waals surface area (Å²) in [6.45, 7) is 10.6. The van der Waals surface area contributed by atoms with Crippen LogP contribution in [0.4, 0.5) is 0 Å². The number of ether oxygens (including phenoxy) is 3. The van der Waals surface area contributed by atoms with Crippen molar-refractivity contribution in [2.24, 2.45) is 0 Å². The quantitative estimate of drug-likeness (QED) is 0.925. The molecule has 1 aromatic rings. The van der Waals surface area contributed by atoms with Crippen LogP contribution in [0.15, 0.2) is 30.3 Å². The van der Waals surface area contributed by atoms with Crippen LogP contribution in [-0.2, 0) is 20.8 Å². The van der Waals surface area contributed by atoms with Crippen LogP contribution in [0.1, 0.15) is 46.1 Å². The summed E-state index contributed by atoms with van der Waals surface area (Å²) in [5.41, 5.74) is 1.19. The average Bonchev–Trinajstić information content (AvgIpc) is 2.78. The highest BCUT2D eigenvalue weighted by Crippen LogP contribution is 2.42. The normalized spacial score (nSPS) is 28.1. The molecule has 4 nitrogen and oxygen atoms in total. The SMILES string of the molecule is CC1(C)CC2(CC(C)(C)N1)OCC(COCc1ccccc1)O2. The van der Waals surface area contributed by atoms with Gasteiger partial charge in [-0.2, -0.15) is 0 Å². The van der Waals surface area contributed by atoms with Gasteiger partial charge in [0, 0.05) is 23.9 Å². The fraction of sp³-hybridized carbons (Fsp3) is 0.684. The Morgan fingerprint density at radius 3 is 2.39 bits per heavy atom. The zero-order valence-electron chi connectivity index (χ0n) is 14.7. The van der Waals surface area contributed by atoms with E-state index in [0.717, 1.165) is 12.8 Å². The summed E-state index contributed by atoms with van der Waals surface area (Å²) in [5.74, 6) is -0.473. The van der Waals surface area contributed by atoms with E-state index in [1.54, 1.807) is 0 Å². The average molecular weight is 319 g/mol. The van der Waals surface area contributed by atoms with Crippen molar-refractivity contribution in [1.82, 2.24) is 5.32 Å². The molecular formula is C19H29NO3. The second-order valence-electron chi connectivity index (χ2n) is 8.21. The number of hydrogen-bond acceptors (Lipinski definition) is 4. The fourth-order valence-electron chi connectivity index (χ4n) is 4.18. The predicted molar refractivity (Wildman–Crippen MR) is 90.2 cm³/mol. The van der Waals surface area contributed by atoms with Gasteiger partial charge in [0.15, 0.2) is 5.79 Å². The van der Waals surface area contributed by atoms with Gasteiger partial charge in [-0.3, -0.25) is 0 Å². The molecule has 0 radical (unpaired) electrons. The first-order valence-electron chi connectivity index (χ1n) is 8.50. The van der Waals surface area contributed by atoms with Gasteiger partial charge in [0.1, 0.15) is 6.10 Å². The maximum atomic E-state index is 6.31. The fourth-order valence-corrected chi connectivity index (χ4v) is 4.18. The highest BCUT2D eigenvalue weighted by Gasteiger charge is 2.52. The van der Waals surface area contributed by atoms with Crippen LogP contribution in [0.3, 0.4) is 0 Å². The van der Waals surface area contributed by atoms with Gasteiger partial charge in [0.25, 0.3) is 0 Å². The number of nitrogens with one attached hydrogen (secondary N) is 1. The molecule has 2 fully saturated rings. The van der Waals surface area contributed by atoms with Gasteiger partial charge >= 0.3 is 0 Å². The maximum absolute atomic E-state index is 6.31. The molecule has 3 rings (SSSR count). The van der Waals surface area contributed by atoms with E-state index >= 15 is 0 Å². The lowest BCUT2D eigenvalue weighted by Crippen LogP contribution is -2.63. The summed E-state index contributed by atoms with van der Waals surface area (Å²) in [4.78, 5) is 0. The van der Waals surface area contributed by atoms with Crippen LogP contribution in [0, 0.1) is 0 Å². The standard InChI is InChI=1S/C19H29NO3/c1-17(2)13-19(14-18(3,4)20-17)22-12-16(23-19)11-21-10-15-8-6-5-7-9-15/h5-9,16,20H,10-14H2,1-4H3. The van der Waals surface area contributed by atoms with E-state index in [0.29, 0.717) is 19.8 Å². The highest BCUT2D eigenvalue weighted by atomic mass is 16.8. The van der Waals surface area contributed by atoms with Crippen molar-refractivity contribution in [3.63, 3.8) is 0 Å². The van der Waals surface area contributed by atoms with Gasteiger partial charge in [0.05, 0.1) is 19.8 Å². The first-order chi connectivity index (χ1) is 10.8. The molecule has 1 spiro atoms. The summed E-state index contributed by atoms with van der Waals surface area (Å²) in [5, 5.41) is 3.67. The lowest BCUT2D eigenvalue weighted by atomic mass is 9.79. The Morgan fingerprint density at radius 2 is 1.74 bits per heavy atom. The summed E-state index contributed by atoms with van der Waals surface area (Å²) in [7, 11) is 0. The molecular weight excluding hydrogens is 290 g/mol. The minimum Gasteiger partial charge on any atom is -0.374 e. The van der Waals surface area contributed by atoms with Crippen LogP contribution < -0.4 is 5.32 Å². The predicted octanol–water partition coefficient (Wildman–Crippen LogP) is 3.26. The van der Waals surface area contributed by atoms with Crippen molar-refractivity contribution in [3.05, 3.63) is 35.9 Å². The smallest absolute Gasteiger partial charge is 0.172 e. The van der Waals surface area contributed by atoms with Gasteiger partial charge in [-0.1, -0.05) is 30.3 Å². The molecule has 0 aliphatic carbocycles. The van der Waals surface area contributed by atoms with Crippen LogP contribution in [0.2, 0.25) is 0 Å². The van der Waals surface area contributed by atoms with E-state index in [4.69, 9.17) is 14.2 Å². The Balaban J connectivity index is 1.53. The molecule has 1 aromatic carbocycles. The molecule has 23 heavy (non-hydrogen) atoms. The van der Waals surface area contributed by atoms with E-state index in [2.05, 4.69) is 45.1 Å². The number of benzene rings is 1. The molecule has 2 heterocycles. The van der Waals surface area contributed by atoms with Crippen LogP contribution in [0.25, 0.3) is 0 Å². The zero-order valence-corrected chi connectivity index (χ0v) is 14.7. The van der Waals surface area contributed by atoms with Crippen molar-refractivity contribution >= 4 is 0 Å². The third-order valence-electron chi connectivity index (χ3n) is 4.43. The Hall–Kier alpha value is -0.940. The molecule has 1 unspecified atom stereocenters. The first-order valence-corrected chi connectivity index (χ1v) is 8.50. The van der Waals surface area contributed by atoms with Crippen LogP contribution in [-0.4, -0.2) is 36.2 Å². The minimum absolute atomic E-state index is 0.00152. The van der Waals surface area contributed by atoms with Gasteiger partial charge < -0.3 is 19.5 Å². The number of piperidine rings is 1. The zero-order chi connectivity index (χ0) is 16.6. The van der Waals surface area contributed by atoms with E-state index in [1.807, 2.05) is 18.2 Å². The second kappa shape index (κ2) is 6.17. The van der Waals surface area contributed by atoms with E-state index < -0.39 is 5.79 Å². The molecule has 0 bridgehead atoms. The molecule has 0 aromatic heterocycles. The van der Waals surface area contributed by atoms with E-state index in [1.165, 1.54) is 5.56 Å². The molecule has 2 saturated heterocycles. The lowest BCUT2D eigenvalue weighted by Gasteiger charge is -2.50. The summed E-state index contributed by atoms with van der Waals surface area (Å²) in [6, 6.07) is 10.2. The summed E-state index contributed by atoms with van der Waals surface area (Å²) in [6.07, 6.45) is 1.74. The Kier molecular flexibility index (Phi) is 4.53. The first kappa shape index (κ1) is 16.9. The Morgan fingerprint density at radius 1 is 1.09 bits per heavy atom. The van der Waals surface area contributed by atoms with Gasteiger partial charge in [0.2, 0.25) is 0 Å². The van der Waals surface area contributed by atoms with Gasteiger partial charge in [-0.15, -0.1) is 0 Å². The molecule has 4 heteroatoms. The number of rotatable bonds is 4. The van der Waals surface area contributed by atoms with E-state index in [9.17, 15) is 0 Å². The molecule has 2 aliphatic heterocycles. The molecule has 0 saturated carbocycles. The highest BCUT2D eigenvalue weighted by molar-refractivity contribution is 5.13. The molecule has 0 amide bonds. The van der Waals surface area contributed by atoms with Crippen molar-refractivity contribution < 1.29 is 14.2 Å². The number of hydrogen-bond donors (Lipinski definition) is 1. The van der Waals surface area contributed by atoms with Crippen molar-refractivity contribution in [3.8, 4) is 0 Å².